The third-order valence-corrected chi connectivity index (χ3v) is 5.76. The molecule has 1 aliphatic heterocycles. The maximum Gasteiger partial charge on any atom is 0.238 e. The second kappa shape index (κ2) is 8.31. The number of methoxy groups -OCH3 is 1. The molecule has 1 amide bonds. The fourth-order valence-electron chi connectivity index (χ4n) is 3.92. The number of nitrogens with zero attached hydrogens (tertiary/aromatic N) is 2. The molecule has 0 saturated carbocycles. The number of amides is 1. The van der Waals surface area contributed by atoms with Crippen LogP contribution in [0.5, 0.6) is 5.75 Å². The van der Waals surface area contributed by atoms with Crippen LogP contribution in [-0.2, 0) is 11.3 Å². The molecule has 2 aromatic carbocycles. The van der Waals surface area contributed by atoms with E-state index in [1.165, 1.54) is 11.3 Å². The highest BCUT2D eigenvalue weighted by atomic mass is 35.5. The summed E-state index contributed by atoms with van der Waals surface area (Å²) in [4.78, 5) is 15.1. The predicted molar refractivity (Wildman–Crippen MR) is 116 cm³/mol. The Morgan fingerprint density at radius 1 is 1.17 bits per heavy atom. The van der Waals surface area contributed by atoms with Crippen LogP contribution in [0.4, 0.5) is 5.69 Å². The van der Waals surface area contributed by atoms with E-state index in [0.29, 0.717) is 16.5 Å². The third-order valence-electron chi connectivity index (χ3n) is 5.35. The van der Waals surface area contributed by atoms with Gasteiger partial charge in [-0.15, -0.1) is 0 Å². The highest BCUT2D eigenvalue weighted by molar-refractivity contribution is 6.31. The Balaban J connectivity index is 1.57. The van der Waals surface area contributed by atoms with E-state index in [-0.39, 0.29) is 18.5 Å². The fourth-order valence-corrected chi connectivity index (χ4v) is 4.08. The topological polar surface area (TPSA) is 46.5 Å². The molecular weight excluding hydrogens is 386 g/mol. The molecule has 1 aliphatic rings. The molecule has 0 saturated heterocycles. The number of aryl methyl sites for hydroxylation is 1. The second-order valence-corrected chi connectivity index (χ2v) is 7.67. The molecule has 1 aromatic heterocycles. The number of halogens is 1. The van der Waals surface area contributed by atoms with E-state index in [9.17, 15) is 4.79 Å². The molecule has 2 heterocycles. The highest BCUT2D eigenvalue weighted by Crippen LogP contribution is 2.33. The van der Waals surface area contributed by atoms with Gasteiger partial charge in [0.1, 0.15) is 5.75 Å². The van der Waals surface area contributed by atoms with Gasteiger partial charge in [-0.3, -0.25) is 9.69 Å². The highest BCUT2D eigenvalue weighted by Gasteiger charge is 2.30. The van der Waals surface area contributed by atoms with Crippen molar-refractivity contribution in [1.29, 1.82) is 0 Å². The third kappa shape index (κ3) is 4.02. The molecule has 0 spiro atoms. The van der Waals surface area contributed by atoms with Crippen LogP contribution < -0.4 is 10.1 Å². The molecule has 150 valence electrons. The molecule has 0 aliphatic carbocycles. The molecule has 1 unspecified atom stereocenters. The number of carbonyl (C=O) groups is 1. The van der Waals surface area contributed by atoms with E-state index in [1.54, 1.807) is 13.2 Å². The van der Waals surface area contributed by atoms with E-state index in [4.69, 9.17) is 16.3 Å². The molecule has 0 radical (unpaired) electrons. The van der Waals surface area contributed by atoms with Gasteiger partial charge in [0.15, 0.2) is 0 Å². The molecule has 4 rings (SSSR count). The number of hydrogen-bond acceptors (Lipinski definition) is 3. The number of rotatable bonds is 5. The number of nitrogens with one attached hydrogen (secondary N) is 1. The molecule has 1 atom stereocenters. The Morgan fingerprint density at radius 3 is 2.72 bits per heavy atom. The Hall–Kier alpha value is -2.76. The van der Waals surface area contributed by atoms with Crippen LogP contribution >= 0.6 is 11.6 Å². The van der Waals surface area contributed by atoms with Gasteiger partial charge in [-0.1, -0.05) is 41.9 Å². The summed E-state index contributed by atoms with van der Waals surface area (Å²) in [5.74, 6) is 0.479. The summed E-state index contributed by atoms with van der Waals surface area (Å²) in [5, 5.41) is 3.61. The number of carbonyl (C=O) groups excluding carboxylic acids is 1. The van der Waals surface area contributed by atoms with Gasteiger partial charge in [-0.25, -0.2) is 0 Å². The number of anilines is 1. The van der Waals surface area contributed by atoms with Crippen LogP contribution in [-0.4, -0.2) is 35.6 Å². The summed E-state index contributed by atoms with van der Waals surface area (Å²) in [6.45, 7) is 3.85. The van der Waals surface area contributed by atoms with Crippen LogP contribution in [0.2, 0.25) is 5.02 Å². The molecule has 0 bridgehead atoms. The Bertz CT molecular complexity index is 1020. The number of ether oxygens (including phenoxy) is 1. The Kier molecular flexibility index (Phi) is 5.60. The first kappa shape index (κ1) is 19.6. The second-order valence-electron chi connectivity index (χ2n) is 7.26. The van der Waals surface area contributed by atoms with Crippen LogP contribution in [0, 0.1) is 6.92 Å². The van der Waals surface area contributed by atoms with Crippen LogP contribution in [0.25, 0.3) is 0 Å². The smallest absolute Gasteiger partial charge is 0.238 e. The minimum Gasteiger partial charge on any atom is -0.495 e. The molecule has 0 fully saturated rings. The van der Waals surface area contributed by atoms with Crippen LogP contribution in [0.1, 0.15) is 22.9 Å². The van der Waals surface area contributed by atoms with Crippen molar-refractivity contribution in [2.24, 2.45) is 0 Å². The maximum atomic E-state index is 12.9. The minimum absolute atomic E-state index is 0.0412. The molecular formula is C23H24ClN3O2. The summed E-state index contributed by atoms with van der Waals surface area (Å²) in [7, 11) is 1.57. The summed E-state index contributed by atoms with van der Waals surface area (Å²) >= 11 is 6.18. The largest absolute Gasteiger partial charge is 0.495 e. The van der Waals surface area contributed by atoms with Gasteiger partial charge in [0.25, 0.3) is 0 Å². The monoisotopic (exact) mass is 409 g/mol. The van der Waals surface area contributed by atoms with Gasteiger partial charge in [0.05, 0.1) is 25.4 Å². The summed E-state index contributed by atoms with van der Waals surface area (Å²) in [6.07, 6.45) is 2.10. The minimum atomic E-state index is -0.0778. The van der Waals surface area contributed by atoms with E-state index >= 15 is 0 Å². The van der Waals surface area contributed by atoms with Crippen molar-refractivity contribution in [3.05, 3.63) is 82.6 Å². The van der Waals surface area contributed by atoms with Crippen molar-refractivity contribution in [3.8, 4) is 5.75 Å². The lowest BCUT2D eigenvalue weighted by Crippen LogP contribution is -2.42. The van der Waals surface area contributed by atoms with E-state index < -0.39 is 0 Å². The first-order valence-electron chi connectivity index (χ1n) is 9.65. The molecule has 5 nitrogen and oxygen atoms in total. The van der Waals surface area contributed by atoms with Crippen molar-refractivity contribution >= 4 is 23.2 Å². The summed E-state index contributed by atoms with van der Waals surface area (Å²) < 4.78 is 7.64. The van der Waals surface area contributed by atoms with Crippen molar-refractivity contribution < 1.29 is 9.53 Å². The maximum absolute atomic E-state index is 12.9. The summed E-state index contributed by atoms with van der Waals surface area (Å²) in [5.41, 5.74) is 3.91. The average molecular weight is 410 g/mol. The van der Waals surface area contributed by atoms with Gasteiger partial charge in [0, 0.05) is 36.1 Å². The normalized spacial score (nSPS) is 16.3. The van der Waals surface area contributed by atoms with Gasteiger partial charge in [0.2, 0.25) is 5.91 Å². The van der Waals surface area contributed by atoms with Gasteiger partial charge in [-0.2, -0.15) is 0 Å². The van der Waals surface area contributed by atoms with Crippen molar-refractivity contribution in [3.63, 3.8) is 0 Å². The van der Waals surface area contributed by atoms with Gasteiger partial charge >= 0.3 is 0 Å². The van der Waals surface area contributed by atoms with Crippen molar-refractivity contribution in [2.75, 3.05) is 25.5 Å². The Morgan fingerprint density at radius 2 is 1.97 bits per heavy atom. The first-order chi connectivity index (χ1) is 14.1. The number of aromatic nitrogens is 1. The van der Waals surface area contributed by atoms with Gasteiger partial charge < -0.3 is 14.6 Å². The van der Waals surface area contributed by atoms with Crippen molar-refractivity contribution in [1.82, 2.24) is 9.47 Å². The lowest BCUT2D eigenvalue weighted by atomic mass is 10.00. The van der Waals surface area contributed by atoms with Crippen molar-refractivity contribution in [2.45, 2.75) is 19.5 Å². The van der Waals surface area contributed by atoms with E-state index in [2.05, 4.69) is 45.2 Å². The lowest BCUT2D eigenvalue weighted by molar-refractivity contribution is -0.118. The Labute approximate surface area is 175 Å². The van der Waals surface area contributed by atoms with E-state index in [1.807, 2.05) is 31.2 Å². The zero-order valence-corrected chi connectivity index (χ0v) is 17.3. The SMILES string of the molecule is COc1cc(Cl)c(C)cc1NC(=O)CN1CCn2cccc2C1c1ccccc1. The lowest BCUT2D eigenvalue weighted by Gasteiger charge is -2.36. The number of benzene rings is 2. The molecule has 3 aromatic rings. The van der Waals surface area contributed by atoms with Crippen LogP contribution in [0.15, 0.2) is 60.8 Å². The quantitative estimate of drug-likeness (QED) is 0.674. The average Bonchev–Trinajstić information content (AvgIpc) is 3.19. The zero-order chi connectivity index (χ0) is 20.4. The zero-order valence-electron chi connectivity index (χ0n) is 16.6. The van der Waals surface area contributed by atoms with Gasteiger partial charge in [-0.05, 0) is 36.2 Å². The number of fused-ring (bicyclic) bond motifs is 1. The standard InChI is InChI=1S/C23H24ClN3O2/c1-16-13-19(21(29-2)14-18(16)24)25-22(28)15-27-12-11-26-10-6-9-20(26)23(27)17-7-4-3-5-8-17/h3-10,13-14,23H,11-12,15H2,1-2H3,(H,25,28). The van der Waals surface area contributed by atoms with E-state index in [0.717, 1.165) is 18.7 Å². The fraction of sp³-hybridized carbons (Fsp3) is 0.261. The predicted octanol–water partition coefficient (Wildman–Crippen LogP) is 4.50. The number of hydrogen-bond donors (Lipinski definition) is 1. The molecule has 6 heteroatoms. The first-order valence-corrected chi connectivity index (χ1v) is 10.0. The summed E-state index contributed by atoms with van der Waals surface area (Å²) in [6, 6.07) is 18.1. The molecule has 1 N–H and O–H groups in total. The van der Waals surface area contributed by atoms with Crippen LogP contribution in [0.3, 0.4) is 0 Å². The molecule has 29 heavy (non-hydrogen) atoms.